The number of hydrogen-bond donors (Lipinski definition) is 2. The van der Waals surface area contributed by atoms with E-state index >= 15 is 0 Å². The molecule has 236 valence electrons. The van der Waals surface area contributed by atoms with Gasteiger partial charge in [0.2, 0.25) is 5.91 Å². The van der Waals surface area contributed by atoms with Crippen molar-refractivity contribution in [2.75, 3.05) is 17.9 Å². The summed E-state index contributed by atoms with van der Waals surface area (Å²) in [4.78, 5) is 28.6. The number of ether oxygens (including phenoxy) is 1. The molecule has 45 heavy (non-hydrogen) atoms. The van der Waals surface area contributed by atoms with Gasteiger partial charge in [0.05, 0.1) is 4.90 Å². The van der Waals surface area contributed by atoms with Gasteiger partial charge in [-0.25, -0.2) is 17.2 Å². The molecule has 0 spiro atoms. The molecule has 0 bridgehead atoms. The van der Waals surface area contributed by atoms with Crippen molar-refractivity contribution in [3.05, 3.63) is 126 Å². The van der Waals surface area contributed by atoms with Crippen molar-refractivity contribution in [1.82, 2.24) is 10.2 Å². The number of rotatable bonds is 14. The van der Waals surface area contributed by atoms with Crippen LogP contribution in [0.25, 0.3) is 0 Å². The number of halogens is 2. The predicted molar refractivity (Wildman–Crippen MR) is 168 cm³/mol. The summed E-state index contributed by atoms with van der Waals surface area (Å²) in [6.45, 7) is 3.95. The number of sulfonamides is 1. The number of carbonyl (C=O) groups excluding carboxylic acids is 2. The third kappa shape index (κ3) is 9.87. The normalized spacial score (nSPS) is 11.9. The highest BCUT2D eigenvalue weighted by atomic mass is 32.2. The number of anilines is 1. The zero-order valence-corrected chi connectivity index (χ0v) is 25.8. The van der Waals surface area contributed by atoms with Gasteiger partial charge in [-0.1, -0.05) is 56.3 Å². The molecule has 0 saturated heterocycles. The number of benzene rings is 4. The van der Waals surface area contributed by atoms with E-state index in [0.717, 1.165) is 17.7 Å². The fourth-order valence-electron chi connectivity index (χ4n) is 4.44. The van der Waals surface area contributed by atoms with Gasteiger partial charge in [0.15, 0.2) is 6.61 Å². The Labute approximate surface area is 262 Å². The number of nitrogens with one attached hydrogen (secondary N) is 2. The van der Waals surface area contributed by atoms with Crippen molar-refractivity contribution >= 4 is 27.5 Å². The molecule has 2 amide bonds. The highest BCUT2D eigenvalue weighted by Crippen LogP contribution is 2.21. The lowest BCUT2D eigenvalue weighted by Gasteiger charge is -2.31. The largest absolute Gasteiger partial charge is 0.484 e. The number of hydrogen-bond acceptors (Lipinski definition) is 5. The zero-order valence-electron chi connectivity index (χ0n) is 25.0. The molecule has 1 atom stereocenters. The summed E-state index contributed by atoms with van der Waals surface area (Å²) < 4.78 is 60.5. The van der Waals surface area contributed by atoms with E-state index in [-0.39, 0.29) is 41.1 Å². The molecule has 0 saturated carbocycles. The maximum Gasteiger partial charge on any atom is 0.261 e. The average molecular weight is 636 g/mol. The molecule has 11 heteroatoms. The highest BCUT2D eigenvalue weighted by molar-refractivity contribution is 7.92. The van der Waals surface area contributed by atoms with Crippen LogP contribution in [-0.2, 0) is 32.6 Å². The first-order valence-corrected chi connectivity index (χ1v) is 15.9. The third-order valence-corrected chi connectivity index (χ3v) is 8.21. The van der Waals surface area contributed by atoms with E-state index in [1.807, 2.05) is 44.2 Å². The summed E-state index contributed by atoms with van der Waals surface area (Å²) in [6, 6.07) is 24.5. The lowest BCUT2D eigenvalue weighted by Crippen LogP contribution is -2.52. The van der Waals surface area contributed by atoms with Gasteiger partial charge in [-0.15, -0.1) is 0 Å². The number of amides is 2. The second kappa shape index (κ2) is 15.3. The van der Waals surface area contributed by atoms with Gasteiger partial charge in [0.1, 0.15) is 23.4 Å². The molecule has 2 N–H and O–H groups in total. The van der Waals surface area contributed by atoms with Gasteiger partial charge in [0, 0.05) is 25.2 Å². The van der Waals surface area contributed by atoms with Crippen LogP contribution in [0.5, 0.6) is 5.75 Å². The molecule has 0 aromatic heterocycles. The van der Waals surface area contributed by atoms with Crippen molar-refractivity contribution in [1.29, 1.82) is 0 Å². The van der Waals surface area contributed by atoms with Crippen molar-refractivity contribution < 1.29 is 31.5 Å². The minimum atomic E-state index is -3.96. The van der Waals surface area contributed by atoms with Crippen LogP contribution >= 0.6 is 0 Å². The first kappa shape index (κ1) is 33.1. The first-order valence-electron chi connectivity index (χ1n) is 14.4. The third-order valence-electron chi connectivity index (χ3n) is 6.81. The van der Waals surface area contributed by atoms with Crippen LogP contribution in [0, 0.1) is 17.6 Å². The summed E-state index contributed by atoms with van der Waals surface area (Å²) in [5, 5.41) is 2.93. The van der Waals surface area contributed by atoms with Gasteiger partial charge in [-0.05, 0) is 77.7 Å². The van der Waals surface area contributed by atoms with E-state index in [0.29, 0.717) is 12.1 Å². The van der Waals surface area contributed by atoms with E-state index in [1.54, 1.807) is 12.1 Å². The molecule has 0 fully saturated rings. The maximum atomic E-state index is 13.7. The smallest absolute Gasteiger partial charge is 0.261 e. The average Bonchev–Trinajstić information content (AvgIpc) is 3.03. The SMILES string of the molecule is CC(C)CNC(=O)[C@H](Cc1ccccc1)N(Cc1ccc(F)cc1)C(=O)COc1ccc(S(=O)(=O)Nc2ccc(F)cc2)cc1. The summed E-state index contributed by atoms with van der Waals surface area (Å²) >= 11 is 0. The molecule has 0 aliphatic carbocycles. The Balaban J connectivity index is 1.53. The Morgan fingerprint density at radius 3 is 2.00 bits per heavy atom. The van der Waals surface area contributed by atoms with Crippen molar-refractivity contribution in [3.63, 3.8) is 0 Å². The standard InChI is InChI=1S/C34H35F2N3O5S/c1-24(2)21-37-34(41)32(20-25-6-4-3-5-7-25)39(22-26-8-10-27(35)11-9-26)33(40)23-44-30-16-18-31(19-17-30)45(42,43)38-29-14-12-28(36)13-15-29/h3-19,24,32,38H,20-23H2,1-2H3,(H,37,41)/t32-/m0/s1. The van der Waals surface area contributed by atoms with E-state index in [2.05, 4.69) is 10.0 Å². The zero-order chi connectivity index (χ0) is 32.4. The Bertz CT molecular complexity index is 1670. The lowest BCUT2D eigenvalue weighted by molar-refractivity contribution is -0.142. The van der Waals surface area contributed by atoms with Gasteiger partial charge in [-0.3, -0.25) is 14.3 Å². The van der Waals surface area contributed by atoms with Crippen molar-refractivity contribution in [2.45, 2.75) is 37.8 Å². The quantitative estimate of drug-likeness (QED) is 0.189. The Kier molecular flexibility index (Phi) is 11.3. The minimum absolute atomic E-state index is 0.0291. The van der Waals surface area contributed by atoms with E-state index < -0.39 is 40.2 Å². The Morgan fingerprint density at radius 1 is 0.800 bits per heavy atom. The second-order valence-corrected chi connectivity index (χ2v) is 12.5. The van der Waals surface area contributed by atoms with Crippen molar-refractivity contribution in [2.24, 2.45) is 5.92 Å². The molecule has 0 aliphatic rings. The van der Waals surface area contributed by atoms with Crippen LogP contribution in [0.4, 0.5) is 14.5 Å². The molecule has 4 aromatic carbocycles. The summed E-state index contributed by atoms with van der Waals surface area (Å²) in [6.07, 6.45) is 0.241. The van der Waals surface area contributed by atoms with Crippen LogP contribution in [-0.4, -0.2) is 44.3 Å². The van der Waals surface area contributed by atoms with Gasteiger partial charge in [0.25, 0.3) is 15.9 Å². The van der Waals surface area contributed by atoms with Crippen molar-refractivity contribution in [3.8, 4) is 5.75 Å². The fraction of sp³-hybridized carbons (Fsp3) is 0.235. The first-order chi connectivity index (χ1) is 21.5. The molecule has 0 radical (unpaired) electrons. The van der Waals surface area contributed by atoms with Gasteiger partial charge in [-0.2, -0.15) is 0 Å². The molecule has 8 nitrogen and oxygen atoms in total. The van der Waals surface area contributed by atoms with Gasteiger partial charge < -0.3 is 15.0 Å². The molecular weight excluding hydrogens is 600 g/mol. The molecule has 0 unspecified atom stereocenters. The fourth-order valence-corrected chi connectivity index (χ4v) is 5.50. The lowest BCUT2D eigenvalue weighted by atomic mass is 10.0. The second-order valence-electron chi connectivity index (χ2n) is 10.9. The summed E-state index contributed by atoms with van der Waals surface area (Å²) in [7, 11) is -3.96. The number of nitrogens with zero attached hydrogens (tertiary/aromatic N) is 1. The topological polar surface area (TPSA) is 105 Å². The summed E-state index contributed by atoms with van der Waals surface area (Å²) in [5.74, 6) is -1.31. The van der Waals surface area contributed by atoms with Crippen LogP contribution in [0.15, 0.2) is 108 Å². The molecule has 0 aliphatic heterocycles. The predicted octanol–water partition coefficient (Wildman–Crippen LogP) is 5.56. The van der Waals surface area contributed by atoms with Crippen LogP contribution in [0.3, 0.4) is 0 Å². The van der Waals surface area contributed by atoms with Crippen LogP contribution < -0.4 is 14.8 Å². The minimum Gasteiger partial charge on any atom is -0.484 e. The van der Waals surface area contributed by atoms with Crippen LogP contribution in [0.2, 0.25) is 0 Å². The van der Waals surface area contributed by atoms with E-state index in [1.165, 1.54) is 53.4 Å². The molecule has 0 heterocycles. The highest BCUT2D eigenvalue weighted by Gasteiger charge is 2.31. The van der Waals surface area contributed by atoms with Crippen LogP contribution in [0.1, 0.15) is 25.0 Å². The Hall–Kier alpha value is -4.77. The van der Waals surface area contributed by atoms with E-state index in [9.17, 15) is 26.8 Å². The molecular formula is C34H35F2N3O5S. The Morgan fingerprint density at radius 2 is 1.40 bits per heavy atom. The monoisotopic (exact) mass is 635 g/mol. The maximum absolute atomic E-state index is 13.7. The summed E-state index contributed by atoms with van der Waals surface area (Å²) in [5.41, 5.74) is 1.68. The van der Waals surface area contributed by atoms with Gasteiger partial charge >= 0.3 is 0 Å². The number of carbonyl (C=O) groups is 2. The molecule has 4 rings (SSSR count). The van der Waals surface area contributed by atoms with E-state index in [4.69, 9.17) is 4.74 Å². The molecule has 4 aromatic rings.